The van der Waals surface area contributed by atoms with Crippen molar-refractivity contribution in [3.63, 3.8) is 0 Å². The topological polar surface area (TPSA) is 96.0 Å². The zero-order valence-electron chi connectivity index (χ0n) is 23.1. The van der Waals surface area contributed by atoms with Gasteiger partial charge in [-0.15, -0.1) is 0 Å². The molecule has 0 aliphatic carbocycles. The van der Waals surface area contributed by atoms with Gasteiger partial charge in [-0.05, 0) is 38.5 Å². The van der Waals surface area contributed by atoms with E-state index in [2.05, 4.69) is 20.8 Å². The van der Waals surface area contributed by atoms with Crippen LogP contribution in [0.3, 0.4) is 0 Å². The lowest BCUT2D eigenvalue weighted by Gasteiger charge is -2.22. The molecule has 0 aromatic carbocycles. The second kappa shape index (κ2) is 19.8. The van der Waals surface area contributed by atoms with Gasteiger partial charge in [0.25, 0.3) is 0 Å². The fourth-order valence-corrected chi connectivity index (χ4v) is 5.14. The van der Waals surface area contributed by atoms with Gasteiger partial charge in [0.1, 0.15) is 19.0 Å². The molecule has 7 nitrogen and oxygen atoms in total. The first-order valence-electron chi connectivity index (χ1n) is 13.8. The van der Waals surface area contributed by atoms with Crippen LogP contribution in [0.15, 0.2) is 0 Å². The number of unbranched alkanes of at least 4 members (excludes halogenated alkanes) is 3. The highest BCUT2D eigenvalue weighted by Gasteiger charge is 2.32. The number of carbonyl (C=O) groups excluding carboxylic acids is 3. The van der Waals surface area contributed by atoms with Crippen LogP contribution in [-0.4, -0.2) is 37.0 Å². The molecule has 0 fully saturated rings. The first-order valence-corrected chi connectivity index (χ1v) is 16.0. The maximum atomic E-state index is 13.7. The van der Waals surface area contributed by atoms with E-state index in [-0.39, 0.29) is 17.8 Å². The van der Waals surface area contributed by atoms with Crippen molar-refractivity contribution in [3.8, 4) is 0 Å². The number of hydrogen-bond acceptors (Lipinski definition) is 7. The van der Waals surface area contributed by atoms with Crippen LogP contribution >= 0.6 is 7.14 Å². The molecule has 0 aromatic heterocycles. The van der Waals surface area contributed by atoms with Crippen molar-refractivity contribution in [2.24, 2.45) is 17.8 Å². The number of esters is 3. The van der Waals surface area contributed by atoms with Crippen molar-refractivity contribution in [1.29, 1.82) is 0 Å². The Labute approximate surface area is 213 Å². The van der Waals surface area contributed by atoms with Crippen molar-refractivity contribution < 1.29 is 33.2 Å². The molecule has 0 saturated heterocycles. The van der Waals surface area contributed by atoms with Gasteiger partial charge in [-0.25, -0.2) is 0 Å². The lowest BCUT2D eigenvalue weighted by molar-refractivity contribution is -0.147. The van der Waals surface area contributed by atoms with Crippen LogP contribution in [0.5, 0.6) is 0 Å². The van der Waals surface area contributed by atoms with Crippen molar-refractivity contribution in [1.82, 2.24) is 0 Å². The molecule has 0 radical (unpaired) electrons. The minimum Gasteiger partial charge on any atom is -0.457 e. The lowest BCUT2D eigenvalue weighted by Crippen LogP contribution is -2.23. The van der Waals surface area contributed by atoms with Gasteiger partial charge in [-0.1, -0.05) is 80.1 Å². The summed E-state index contributed by atoms with van der Waals surface area (Å²) < 4.78 is 30.0. The van der Waals surface area contributed by atoms with E-state index in [1.807, 2.05) is 20.8 Å². The van der Waals surface area contributed by atoms with Crippen molar-refractivity contribution >= 4 is 25.0 Å². The Bertz CT molecular complexity index is 564. The van der Waals surface area contributed by atoms with Gasteiger partial charge in [0.15, 0.2) is 7.14 Å². The van der Waals surface area contributed by atoms with Gasteiger partial charge in [0, 0.05) is 0 Å². The van der Waals surface area contributed by atoms with E-state index in [0.717, 1.165) is 38.5 Å². The zero-order valence-corrected chi connectivity index (χ0v) is 24.0. The maximum Gasteiger partial charge on any atom is 0.309 e. The quantitative estimate of drug-likeness (QED) is 0.0881. The van der Waals surface area contributed by atoms with E-state index in [1.54, 1.807) is 0 Å². The van der Waals surface area contributed by atoms with Crippen LogP contribution in [-0.2, 0) is 33.2 Å². The summed E-state index contributed by atoms with van der Waals surface area (Å²) in [6.45, 7) is 11.9. The first-order chi connectivity index (χ1) is 16.7. The summed E-state index contributed by atoms with van der Waals surface area (Å²) in [5, 5.41) is 0. The smallest absolute Gasteiger partial charge is 0.309 e. The fraction of sp³-hybridized carbons (Fsp3) is 0.889. The Kier molecular flexibility index (Phi) is 19.0. The predicted molar refractivity (Wildman–Crippen MR) is 140 cm³/mol. The highest BCUT2D eigenvalue weighted by molar-refractivity contribution is 7.63. The minimum atomic E-state index is -3.44. The standard InChI is InChI=1S/C27H51O7P/c1-7-13-16-22(10-4)25(28)32-19-35(31,20-33-26(29)23(11-5)17-14-8-2)21-34-27(30)24(12-6)18-15-9-3/h22-24H,7-21H2,1-6H3/t22-,23-,24+/m1/s1. The van der Waals surface area contributed by atoms with E-state index in [0.29, 0.717) is 38.5 Å². The zero-order chi connectivity index (χ0) is 26.7. The Morgan fingerprint density at radius 3 is 1.00 bits per heavy atom. The molecule has 0 heterocycles. The molecule has 35 heavy (non-hydrogen) atoms. The molecular weight excluding hydrogens is 467 g/mol. The van der Waals surface area contributed by atoms with E-state index in [4.69, 9.17) is 14.2 Å². The van der Waals surface area contributed by atoms with Crippen LogP contribution in [0.2, 0.25) is 0 Å². The molecule has 0 N–H and O–H groups in total. The number of ether oxygens (including phenoxy) is 3. The summed E-state index contributed by atoms with van der Waals surface area (Å²) in [6.07, 6.45) is 8.51. The molecule has 0 aliphatic rings. The summed E-state index contributed by atoms with van der Waals surface area (Å²) in [5.74, 6) is -1.98. The Morgan fingerprint density at radius 2 is 0.800 bits per heavy atom. The van der Waals surface area contributed by atoms with Crippen molar-refractivity contribution in [2.45, 2.75) is 119 Å². The third kappa shape index (κ3) is 14.1. The van der Waals surface area contributed by atoms with Gasteiger partial charge in [0.2, 0.25) is 0 Å². The van der Waals surface area contributed by atoms with Crippen LogP contribution in [0.1, 0.15) is 119 Å². The average molecular weight is 519 g/mol. The molecule has 206 valence electrons. The Morgan fingerprint density at radius 1 is 0.543 bits per heavy atom. The first kappa shape index (κ1) is 33.6. The van der Waals surface area contributed by atoms with E-state index in [1.165, 1.54) is 0 Å². The minimum absolute atomic E-state index is 0.259. The molecule has 0 amide bonds. The van der Waals surface area contributed by atoms with Crippen LogP contribution in [0, 0.1) is 17.8 Å². The molecule has 3 atom stereocenters. The highest BCUT2D eigenvalue weighted by Crippen LogP contribution is 2.46. The summed E-state index contributed by atoms with van der Waals surface area (Å²) in [6, 6.07) is 0. The third-order valence-electron chi connectivity index (χ3n) is 6.52. The normalized spacial score (nSPS) is 14.1. The molecule has 0 rings (SSSR count). The van der Waals surface area contributed by atoms with Crippen molar-refractivity contribution in [3.05, 3.63) is 0 Å². The number of carbonyl (C=O) groups is 3. The molecule has 0 bridgehead atoms. The summed E-state index contributed by atoms with van der Waals surface area (Å²) >= 11 is 0. The number of hydrogen-bond donors (Lipinski definition) is 0. The molecular formula is C27H51O7P. The predicted octanol–water partition coefficient (Wildman–Crippen LogP) is 7.50. The van der Waals surface area contributed by atoms with Gasteiger partial charge in [0.05, 0.1) is 17.8 Å². The molecule has 0 aromatic rings. The van der Waals surface area contributed by atoms with Crippen LogP contribution in [0.25, 0.3) is 0 Å². The van der Waals surface area contributed by atoms with Crippen molar-refractivity contribution in [2.75, 3.05) is 19.0 Å². The maximum absolute atomic E-state index is 13.7. The summed E-state index contributed by atoms with van der Waals surface area (Å²) in [5.41, 5.74) is 0. The summed E-state index contributed by atoms with van der Waals surface area (Å²) in [7, 11) is -3.44. The van der Waals surface area contributed by atoms with E-state index in [9.17, 15) is 18.9 Å². The Hall–Kier alpha value is -1.36. The fourth-order valence-electron chi connectivity index (χ4n) is 3.83. The second-order valence-corrected chi connectivity index (χ2v) is 12.5. The average Bonchev–Trinajstić information content (AvgIpc) is 2.86. The van der Waals surface area contributed by atoms with E-state index < -0.39 is 44.1 Å². The second-order valence-electron chi connectivity index (χ2n) is 9.58. The highest BCUT2D eigenvalue weighted by atomic mass is 31.2. The molecule has 0 saturated carbocycles. The molecule has 8 heteroatoms. The van der Waals surface area contributed by atoms with E-state index >= 15 is 0 Å². The molecule has 0 aliphatic heterocycles. The third-order valence-corrected chi connectivity index (χ3v) is 8.32. The summed E-state index contributed by atoms with van der Waals surface area (Å²) in [4.78, 5) is 37.8. The monoisotopic (exact) mass is 518 g/mol. The molecule has 0 unspecified atom stereocenters. The van der Waals surface area contributed by atoms with Gasteiger partial charge >= 0.3 is 17.9 Å². The Balaban J connectivity index is 5.31. The van der Waals surface area contributed by atoms with Crippen LogP contribution < -0.4 is 0 Å². The van der Waals surface area contributed by atoms with Crippen LogP contribution in [0.4, 0.5) is 0 Å². The largest absolute Gasteiger partial charge is 0.457 e. The number of rotatable bonds is 21. The lowest BCUT2D eigenvalue weighted by atomic mass is 10.00. The molecule has 0 spiro atoms. The van der Waals surface area contributed by atoms with Gasteiger partial charge in [-0.2, -0.15) is 0 Å². The van der Waals surface area contributed by atoms with Gasteiger partial charge in [-0.3, -0.25) is 14.4 Å². The SMILES string of the molecule is CCCC[C@@H](CC)C(=O)OCP(=O)(COC(=O)[C@H](CC)CCCC)COC(=O)[C@@H](CC)CCCC. The van der Waals surface area contributed by atoms with Gasteiger partial charge < -0.3 is 18.8 Å².